The molecule has 21 heavy (non-hydrogen) atoms. The van der Waals surface area contributed by atoms with Gasteiger partial charge in [-0.25, -0.2) is 14.3 Å². The van der Waals surface area contributed by atoms with Crippen LogP contribution >= 0.6 is 11.6 Å². The second-order valence-corrected chi connectivity index (χ2v) is 5.01. The lowest BCUT2D eigenvalue weighted by Gasteiger charge is -2.05. The summed E-state index contributed by atoms with van der Waals surface area (Å²) in [4.78, 5) is 16.3. The number of carbonyl (C=O) groups is 1. The summed E-state index contributed by atoms with van der Waals surface area (Å²) in [6, 6.07) is 9.04. The molecule has 0 spiro atoms. The summed E-state index contributed by atoms with van der Waals surface area (Å²) in [6.45, 7) is 1.82. The Morgan fingerprint density at radius 1 is 1.29 bits per heavy atom. The van der Waals surface area contributed by atoms with E-state index >= 15 is 0 Å². The summed E-state index contributed by atoms with van der Waals surface area (Å²) in [5, 5.41) is 4.91. The van der Waals surface area contributed by atoms with E-state index in [9.17, 15) is 4.79 Å². The topological polar surface area (TPSA) is 56.5 Å². The quantitative estimate of drug-likeness (QED) is 0.682. The predicted molar refractivity (Wildman–Crippen MR) is 79.5 cm³/mol. The molecule has 0 aliphatic heterocycles. The number of hydrogen-bond acceptors (Lipinski definition) is 4. The van der Waals surface area contributed by atoms with Gasteiger partial charge in [-0.15, -0.1) is 0 Å². The van der Waals surface area contributed by atoms with Crippen molar-refractivity contribution in [2.45, 2.75) is 6.92 Å². The van der Waals surface area contributed by atoms with E-state index in [4.69, 9.17) is 16.3 Å². The minimum Gasteiger partial charge on any atom is -0.464 e. The monoisotopic (exact) mass is 301 g/mol. The van der Waals surface area contributed by atoms with Gasteiger partial charge in [0.2, 0.25) is 0 Å². The first-order valence-electron chi connectivity index (χ1n) is 6.30. The lowest BCUT2D eigenvalue weighted by Crippen LogP contribution is -2.10. The van der Waals surface area contributed by atoms with Crippen molar-refractivity contribution in [3.63, 3.8) is 0 Å². The maximum atomic E-state index is 11.8. The number of rotatable bonds is 2. The van der Waals surface area contributed by atoms with Crippen LogP contribution in [0.15, 0.2) is 36.5 Å². The van der Waals surface area contributed by atoms with E-state index < -0.39 is 5.97 Å². The molecule has 5 nitrogen and oxygen atoms in total. The highest BCUT2D eigenvalue weighted by atomic mass is 35.5. The number of halogens is 1. The van der Waals surface area contributed by atoms with E-state index in [1.165, 1.54) is 11.6 Å². The molecule has 0 aliphatic carbocycles. The standard InChI is InChI=1S/C15H12ClN3O2/c1-9-7-13(15(20)21-2)19-14(18-9)12(8-17-19)10-3-5-11(16)6-4-10/h3-8H,1-2H3. The number of nitrogens with zero attached hydrogens (tertiary/aromatic N) is 3. The highest BCUT2D eigenvalue weighted by molar-refractivity contribution is 6.30. The van der Waals surface area contributed by atoms with Crippen molar-refractivity contribution in [1.82, 2.24) is 14.6 Å². The van der Waals surface area contributed by atoms with Crippen LogP contribution in [0.4, 0.5) is 0 Å². The van der Waals surface area contributed by atoms with Gasteiger partial charge in [0.15, 0.2) is 11.3 Å². The van der Waals surface area contributed by atoms with Gasteiger partial charge in [-0.05, 0) is 30.7 Å². The van der Waals surface area contributed by atoms with Crippen LogP contribution in [0.5, 0.6) is 0 Å². The SMILES string of the molecule is COC(=O)c1cc(C)nc2c(-c3ccc(Cl)cc3)cnn12. The third-order valence-corrected chi connectivity index (χ3v) is 3.40. The molecule has 0 unspecified atom stereocenters. The van der Waals surface area contributed by atoms with Gasteiger partial charge in [0.1, 0.15) is 0 Å². The Balaban J connectivity index is 2.25. The fourth-order valence-electron chi connectivity index (χ4n) is 2.17. The van der Waals surface area contributed by atoms with Crippen LogP contribution in [0.25, 0.3) is 16.8 Å². The Hall–Kier alpha value is -2.40. The van der Waals surface area contributed by atoms with Crippen LogP contribution in [0.2, 0.25) is 5.02 Å². The zero-order chi connectivity index (χ0) is 15.0. The van der Waals surface area contributed by atoms with E-state index in [1.807, 2.05) is 19.1 Å². The largest absolute Gasteiger partial charge is 0.464 e. The summed E-state index contributed by atoms with van der Waals surface area (Å²) >= 11 is 5.90. The van der Waals surface area contributed by atoms with Gasteiger partial charge in [-0.1, -0.05) is 23.7 Å². The smallest absolute Gasteiger partial charge is 0.356 e. The van der Waals surface area contributed by atoms with Gasteiger partial charge in [0.05, 0.1) is 13.3 Å². The third kappa shape index (κ3) is 2.36. The van der Waals surface area contributed by atoms with Crippen molar-refractivity contribution in [2.24, 2.45) is 0 Å². The molecule has 3 aromatic rings. The molecule has 0 radical (unpaired) electrons. The Morgan fingerprint density at radius 2 is 2.00 bits per heavy atom. The molecule has 0 atom stereocenters. The number of esters is 1. The van der Waals surface area contributed by atoms with Gasteiger partial charge >= 0.3 is 5.97 Å². The molecule has 0 N–H and O–H groups in total. The van der Waals surface area contributed by atoms with Crippen LogP contribution in [0, 0.1) is 6.92 Å². The van der Waals surface area contributed by atoms with Gasteiger partial charge in [0, 0.05) is 16.3 Å². The van der Waals surface area contributed by atoms with Gasteiger partial charge in [-0.3, -0.25) is 0 Å². The van der Waals surface area contributed by atoms with Crippen LogP contribution < -0.4 is 0 Å². The summed E-state index contributed by atoms with van der Waals surface area (Å²) in [7, 11) is 1.34. The molecule has 2 aromatic heterocycles. The van der Waals surface area contributed by atoms with Crippen molar-refractivity contribution in [3.05, 3.63) is 52.9 Å². The maximum absolute atomic E-state index is 11.8. The lowest BCUT2D eigenvalue weighted by atomic mass is 10.1. The number of methoxy groups -OCH3 is 1. The van der Waals surface area contributed by atoms with Gasteiger partial charge in [-0.2, -0.15) is 5.10 Å². The molecule has 0 saturated heterocycles. The molecular formula is C15H12ClN3O2. The van der Waals surface area contributed by atoms with Crippen molar-refractivity contribution >= 4 is 23.2 Å². The Labute approximate surface area is 126 Å². The first kappa shape index (κ1) is 13.6. The molecule has 106 valence electrons. The van der Waals surface area contributed by atoms with Gasteiger partial charge in [0.25, 0.3) is 0 Å². The van der Waals surface area contributed by atoms with Crippen molar-refractivity contribution in [2.75, 3.05) is 7.11 Å². The number of carbonyl (C=O) groups excluding carboxylic acids is 1. The normalized spacial score (nSPS) is 10.8. The average Bonchev–Trinajstić information content (AvgIpc) is 2.90. The third-order valence-electron chi connectivity index (χ3n) is 3.15. The Bertz CT molecular complexity index is 825. The molecule has 1 aromatic carbocycles. The molecule has 0 bridgehead atoms. The van der Waals surface area contributed by atoms with E-state index in [1.54, 1.807) is 24.4 Å². The number of aryl methyl sites for hydroxylation is 1. The fourth-order valence-corrected chi connectivity index (χ4v) is 2.29. The first-order valence-corrected chi connectivity index (χ1v) is 6.67. The van der Waals surface area contributed by atoms with E-state index in [0.29, 0.717) is 16.4 Å². The second-order valence-electron chi connectivity index (χ2n) is 4.57. The Morgan fingerprint density at radius 3 is 2.67 bits per heavy atom. The zero-order valence-corrected chi connectivity index (χ0v) is 12.3. The lowest BCUT2D eigenvalue weighted by molar-refractivity contribution is 0.0590. The van der Waals surface area contributed by atoms with E-state index in [0.717, 1.165) is 16.8 Å². The van der Waals surface area contributed by atoms with Crippen LogP contribution in [0.3, 0.4) is 0 Å². The molecule has 0 saturated carbocycles. The summed E-state index contributed by atoms with van der Waals surface area (Å²) in [5.41, 5.74) is 3.44. The average molecular weight is 302 g/mol. The summed E-state index contributed by atoms with van der Waals surface area (Å²) < 4.78 is 6.27. The second kappa shape index (κ2) is 5.18. The molecule has 6 heteroatoms. The van der Waals surface area contributed by atoms with Crippen LogP contribution in [0.1, 0.15) is 16.2 Å². The van der Waals surface area contributed by atoms with Crippen molar-refractivity contribution < 1.29 is 9.53 Å². The van der Waals surface area contributed by atoms with Crippen LogP contribution in [-0.2, 0) is 4.74 Å². The highest BCUT2D eigenvalue weighted by Crippen LogP contribution is 2.25. The number of hydrogen-bond donors (Lipinski definition) is 0. The first-order chi connectivity index (χ1) is 10.1. The number of ether oxygens (including phenoxy) is 1. The van der Waals surface area contributed by atoms with Gasteiger partial charge < -0.3 is 4.74 Å². The number of aromatic nitrogens is 3. The van der Waals surface area contributed by atoms with Crippen molar-refractivity contribution in [3.8, 4) is 11.1 Å². The fraction of sp³-hybridized carbons (Fsp3) is 0.133. The van der Waals surface area contributed by atoms with Crippen molar-refractivity contribution in [1.29, 1.82) is 0 Å². The molecule has 0 fully saturated rings. The molecule has 3 rings (SSSR count). The molecular weight excluding hydrogens is 290 g/mol. The zero-order valence-electron chi connectivity index (χ0n) is 11.5. The summed E-state index contributed by atoms with van der Waals surface area (Å²) in [6.07, 6.45) is 1.68. The molecule has 0 amide bonds. The van der Waals surface area contributed by atoms with E-state index in [2.05, 4.69) is 10.1 Å². The Kier molecular flexibility index (Phi) is 3.35. The number of fused-ring (bicyclic) bond motifs is 1. The van der Waals surface area contributed by atoms with Crippen LogP contribution in [-0.4, -0.2) is 27.7 Å². The minimum absolute atomic E-state index is 0.347. The number of benzene rings is 1. The molecule has 2 heterocycles. The molecule has 0 aliphatic rings. The summed E-state index contributed by atoms with van der Waals surface area (Å²) in [5.74, 6) is -0.448. The van der Waals surface area contributed by atoms with E-state index in [-0.39, 0.29) is 0 Å². The minimum atomic E-state index is -0.448. The maximum Gasteiger partial charge on any atom is 0.356 e. The predicted octanol–water partition coefficient (Wildman–Crippen LogP) is 3.14. The highest BCUT2D eigenvalue weighted by Gasteiger charge is 2.16.